The second-order valence-corrected chi connectivity index (χ2v) is 14.4. The maximum atomic E-state index is 2.43. The van der Waals surface area contributed by atoms with Gasteiger partial charge in [-0.1, -0.05) is 152 Å². The van der Waals surface area contributed by atoms with E-state index in [4.69, 9.17) is 0 Å². The third kappa shape index (κ3) is 5.50. The van der Waals surface area contributed by atoms with Crippen molar-refractivity contribution >= 4 is 59.6 Å². The lowest BCUT2D eigenvalue weighted by Crippen LogP contribution is -2.10. The van der Waals surface area contributed by atoms with Crippen molar-refractivity contribution in [1.82, 2.24) is 4.57 Å². The van der Waals surface area contributed by atoms with Crippen LogP contribution in [0.4, 0.5) is 17.1 Å². The van der Waals surface area contributed by atoms with E-state index in [-0.39, 0.29) is 0 Å². The molecule has 0 N–H and O–H groups in total. The Labute approximate surface area is 313 Å². The molecular formula is C50H34N2S. The monoisotopic (exact) mass is 694 g/mol. The minimum Gasteiger partial charge on any atom is -0.310 e. The highest BCUT2D eigenvalue weighted by Crippen LogP contribution is 2.46. The molecule has 2 heterocycles. The van der Waals surface area contributed by atoms with Crippen LogP contribution in [0.5, 0.6) is 0 Å². The zero-order chi connectivity index (χ0) is 35.1. The van der Waals surface area contributed by atoms with Crippen LogP contribution in [0, 0.1) is 0 Å². The van der Waals surface area contributed by atoms with E-state index in [1.807, 2.05) is 11.3 Å². The first-order chi connectivity index (χ1) is 26.3. The molecule has 250 valence electrons. The van der Waals surface area contributed by atoms with Gasteiger partial charge in [0.2, 0.25) is 0 Å². The average Bonchev–Trinajstić information content (AvgIpc) is 3.78. The second-order valence-electron chi connectivity index (χ2n) is 13.4. The van der Waals surface area contributed by atoms with Gasteiger partial charge in [-0.25, -0.2) is 0 Å². The van der Waals surface area contributed by atoms with Crippen LogP contribution in [0.25, 0.3) is 70.3 Å². The molecule has 0 fully saturated rings. The molecule has 2 nitrogen and oxygen atoms in total. The fourth-order valence-electron chi connectivity index (χ4n) is 7.69. The minimum atomic E-state index is 1.11. The van der Waals surface area contributed by atoms with Gasteiger partial charge in [0.05, 0.1) is 15.7 Å². The number of anilines is 3. The standard InChI is InChI=1S/C50H34N2S/c1-4-14-35(15-5-1)37-26-30-41(31-27-37)51(42-32-28-38(29-33-42)36-16-6-2-7-17-36)43-21-12-18-39(34-43)44-23-13-24-46-48-50(53-49(44)46)45-22-10-11-25-47(45)52(48)40-19-8-3-9-20-40/h1-34H. The van der Waals surface area contributed by atoms with Crippen molar-refractivity contribution in [3.05, 3.63) is 206 Å². The van der Waals surface area contributed by atoms with E-state index in [1.54, 1.807) is 0 Å². The van der Waals surface area contributed by atoms with Crippen LogP contribution in [0.2, 0.25) is 0 Å². The van der Waals surface area contributed by atoms with Gasteiger partial charge < -0.3 is 9.47 Å². The quantitative estimate of drug-likeness (QED) is 0.161. The summed E-state index contributed by atoms with van der Waals surface area (Å²) in [4.78, 5) is 2.37. The van der Waals surface area contributed by atoms with Crippen molar-refractivity contribution in [1.29, 1.82) is 0 Å². The summed E-state index contributed by atoms with van der Waals surface area (Å²) in [5.74, 6) is 0. The normalized spacial score (nSPS) is 11.4. The first kappa shape index (κ1) is 31.1. The zero-order valence-electron chi connectivity index (χ0n) is 28.9. The summed E-state index contributed by atoms with van der Waals surface area (Å²) < 4.78 is 5.06. The van der Waals surface area contributed by atoms with Crippen LogP contribution >= 0.6 is 11.3 Å². The predicted octanol–water partition coefficient (Wildman–Crippen LogP) is 14.5. The molecule has 0 aliphatic heterocycles. The summed E-state index contributed by atoms with van der Waals surface area (Å²) in [6.45, 7) is 0. The summed E-state index contributed by atoms with van der Waals surface area (Å²) in [6, 6.07) is 74.3. The van der Waals surface area contributed by atoms with Crippen LogP contribution in [0.1, 0.15) is 0 Å². The molecule has 8 aromatic carbocycles. The molecule has 53 heavy (non-hydrogen) atoms. The van der Waals surface area contributed by atoms with Crippen molar-refractivity contribution < 1.29 is 0 Å². The Morgan fingerprint density at radius 3 is 1.51 bits per heavy atom. The maximum absolute atomic E-state index is 2.43. The minimum absolute atomic E-state index is 1.11. The van der Waals surface area contributed by atoms with Crippen LogP contribution in [-0.4, -0.2) is 4.57 Å². The first-order valence-corrected chi connectivity index (χ1v) is 18.8. The summed E-state index contributed by atoms with van der Waals surface area (Å²) in [5, 5.41) is 2.56. The molecule has 0 radical (unpaired) electrons. The fourth-order valence-corrected chi connectivity index (χ4v) is 9.05. The molecule has 0 saturated heterocycles. The van der Waals surface area contributed by atoms with Crippen molar-refractivity contribution in [2.24, 2.45) is 0 Å². The number of thiophene rings is 1. The highest BCUT2D eigenvalue weighted by Gasteiger charge is 2.20. The molecular weight excluding hydrogens is 661 g/mol. The highest BCUT2D eigenvalue weighted by atomic mass is 32.1. The van der Waals surface area contributed by atoms with E-state index in [9.17, 15) is 0 Å². The van der Waals surface area contributed by atoms with E-state index in [1.165, 1.54) is 70.3 Å². The van der Waals surface area contributed by atoms with Gasteiger partial charge in [0.15, 0.2) is 0 Å². The molecule has 0 spiro atoms. The number of para-hydroxylation sites is 2. The molecule has 0 saturated carbocycles. The number of hydrogen-bond donors (Lipinski definition) is 0. The number of nitrogens with zero attached hydrogens (tertiary/aromatic N) is 2. The lowest BCUT2D eigenvalue weighted by Gasteiger charge is -2.26. The third-order valence-corrected chi connectivity index (χ3v) is 11.5. The van der Waals surface area contributed by atoms with Crippen LogP contribution in [0.15, 0.2) is 206 Å². The molecule has 3 heteroatoms. The van der Waals surface area contributed by atoms with Crippen molar-refractivity contribution in [2.75, 3.05) is 4.90 Å². The Hall–Kier alpha value is -6.68. The van der Waals surface area contributed by atoms with Gasteiger partial charge >= 0.3 is 0 Å². The third-order valence-electron chi connectivity index (χ3n) is 10.2. The van der Waals surface area contributed by atoms with Crippen molar-refractivity contribution in [3.8, 4) is 39.1 Å². The molecule has 0 unspecified atom stereocenters. The Morgan fingerprint density at radius 2 is 0.868 bits per heavy atom. The van der Waals surface area contributed by atoms with Gasteiger partial charge in [-0.3, -0.25) is 0 Å². The van der Waals surface area contributed by atoms with E-state index >= 15 is 0 Å². The predicted molar refractivity (Wildman–Crippen MR) is 227 cm³/mol. The summed E-state index contributed by atoms with van der Waals surface area (Å²) in [6.07, 6.45) is 0. The second kappa shape index (κ2) is 13.1. The highest BCUT2D eigenvalue weighted by molar-refractivity contribution is 7.27. The zero-order valence-corrected chi connectivity index (χ0v) is 29.7. The molecule has 10 rings (SSSR count). The van der Waals surface area contributed by atoms with Crippen LogP contribution < -0.4 is 4.90 Å². The number of aromatic nitrogens is 1. The first-order valence-electron chi connectivity index (χ1n) is 18.0. The van der Waals surface area contributed by atoms with Gasteiger partial charge in [-0.05, 0) is 88.0 Å². The van der Waals surface area contributed by atoms with E-state index in [0.29, 0.717) is 0 Å². The molecule has 0 aliphatic rings. The maximum Gasteiger partial charge on any atom is 0.0727 e. The van der Waals surface area contributed by atoms with Crippen LogP contribution in [-0.2, 0) is 0 Å². The van der Waals surface area contributed by atoms with Crippen molar-refractivity contribution in [3.63, 3.8) is 0 Å². The Bertz CT molecular complexity index is 2770. The summed E-state index contributed by atoms with van der Waals surface area (Å²) in [5.41, 5.74) is 14.3. The molecule has 0 bridgehead atoms. The lowest BCUT2D eigenvalue weighted by atomic mass is 10.0. The van der Waals surface area contributed by atoms with Crippen molar-refractivity contribution in [2.45, 2.75) is 0 Å². The molecule has 0 aliphatic carbocycles. The number of hydrogen-bond acceptors (Lipinski definition) is 2. The van der Waals surface area contributed by atoms with Gasteiger partial charge in [0.1, 0.15) is 0 Å². The Morgan fingerprint density at radius 1 is 0.358 bits per heavy atom. The van der Waals surface area contributed by atoms with Gasteiger partial charge in [-0.2, -0.15) is 0 Å². The topological polar surface area (TPSA) is 8.17 Å². The smallest absolute Gasteiger partial charge is 0.0727 e. The van der Waals surface area contributed by atoms with E-state index in [0.717, 1.165) is 17.1 Å². The molecule has 10 aromatic rings. The van der Waals surface area contributed by atoms with Gasteiger partial charge in [0, 0.05) is 38.2 Å². The van der Waals surface area contributed by atoms with E-state index < -0.39 is 0 Å². The number of benzene rings is 8. The lowest BCUT2D eigenvalue weighted by molar-refractivity contribution is 1.19. The van der Waals surface area contributed by atoms with Gasteiger partial charge in [-0.15, -0.1) is 11.3 Å². The largest absolute Gasteiger partial charge is 0.310 e. The molecule has 0 amide bonds. The molecule has 0 atom stereocenters. The summed E-state index contributed by atoms with van der Waals surface area (Å²) in [7, 11) is 0. The van der Waals surface area contributed by atoms with Gasteiger partial charge in [0.25, 0.3) is 0 Å². The summed E-state index contributed by atoms with van der Waals surface area (Å²) >= 11 is 1.90. The number of fused-ring (bicyclic) bond motifs is 5. The SMILES string of the molecule is c1ccc(-c2ccc(N(c3ccc(-c4ccccc4)cc3)c3cccc(-c4cccc5c4sc4c6ccccc6n(-c6ccccc6)c54)c3)cc2)cc1. The number of rotatable bonds is 7. The Balaban J connectivity index is 1.12. The fraction of sp³-hybridized carbons (Fsp3) is 0. The Kier molecular flexibility index (Phi) is 7.71. The molecule has 2 aromatic heterocycles. The van der Waals surface area contributed by atoms with E-state index in [2.05, 4.69) is 216 Å². The average molecular weight is 695 g/mol. The van der Waals surface area contributed by atoms with Crippen LogP contribution in [0.3, 0.4) is 0 Å².